The van der Waals surface area contributed by atoms with E-state index in [4.69, 9.17) is 9.52 Å². The van der Waals surface area contributed by atoms with Crippen LogP contribution in [-0.2, 0) is 11.3 Å². The van der Waals surface area contributed by atoms with Crippen molar-refractivity contribution in [1.82, 2.24) is 10.2 Å². The lowest BCUT2D eigenvalue weighted by Crippen LogP contribution is -2.50. The Labute approximate surface area is 98.2 Å². The molecule has 0 spiro atoms. The molecule has 0 radical (unpaired) electrons. The number of hydrogen-bond donors (Lipinski definition) is 2. The molecule has 0 aliphatic carbocycles. The topological polar surface area (TPSA) is 82.8 Å². The Hall–Kier alpha value is -1.98. The highest BCUT2D eigenvalue weighted by Crippen LogP contribution is 2.14. The fourth-order valence-corrected chi connectivity index (χ4v) is 1.91. The van der Waals surface area contributed by atoms with Crippen LogP contribution in [0.25, 0.3) is 0 Å². The number of carboxylic acids is 1. The Morgan fingerprint density at radius 1 is 1.65 bits per heavy atom. The monoisotopic (exact) mass is 238 g/mol. The lowest BCUT2D eigenvalue weighted by atomic mass is 10.0. The van der Waals surface area contributed by atoms with E-state index in [0.717, 1.165) is 0 Å². The third kappa shape index (κ3) is 2.99. The van der Waals surface area contributed by atoms with Crippen molar-refractivity contribution in [2.75, 3.05) is 13.1 Å². The third-order valence-electron chi connectivity index (χ3n) is 2.70. The molecule has 1 atom stereocenters. The molecular weight excluding hydrogens is 224 g/mol. The predicted molar refractivity (Wildman–Crippen MR) is 58.3 cm³/mol. The van der Waals surface area contributed by atoms with Crippen molar-refractivity contribution in [1.29, 1.82) is 0 Å². The first-order valence-corrected chi connectivity index (χ1v) is 5.42. The summed E-state index contributed by atoms with van der Waals surface area (Å²) in [5.74, 6) is -0.208. The van der Waals surface area contributed by atoms with E-state index in [1.807, 2.05) is 0 Å². The average Bonchev–Trinajstić information content (AvgIpc) is 2.75. The molecule has 1 saturated heterocycles. The molecule has 0 bridgehead atoms. The molecule has 2 heterocycles. The molecule has 1 aromatic rings. The molecule has 17 heavy (non-hydrogen) atoms. The minimum Gasteiger partial charge on any atom is -0.481 e. The van der Waals surface area contributed by atoms with Crippen molar-refractivity contribution in [3.63, 3.8) is 0 Å². The van der Waals surface area contributed by atoms with Crippen molar-refractivity contribution < 1.29 is 19.1 Å². The lowest BCUT2D eigenvalue weighted by molar-refractivity contribution is -0.138. The van der Waals surface area contributed by atoms with Gasteiger partial charge in [-0.2, -0.15) is 0 Å². The zero-order chi connectivity index (χ0) is 12.3. The van der Waals surface area contributed by atoms with Gasteiger partial charge in [0.15, 0.2) is 0 Å². The highest BCUT2D eigenvalue weighted by molar-refractivity contribution is 5.75. The normalized spacial score (nSPS) is 20.1. The zero-order valence-corrected chi connectivity index (χ0v) is 9.26. The van der Waals surface area contributed by atoms with Crippen molar-refractivity contribution >= 4 is 12.0 Å². The summed E-state index contributed by atoms with van der Waals surface area (Å²) in [4.78, 5) is 23.8. The van der Waals surface area contributed by atoms with Crippen molar-refractivity contribution in [2.45, 2.75) is 13.0 Å². The van der Waals surface area contributed by atoms with Crippen LogP contribution in [0.2, 0.25) is 0 Å². The average molecular weight is 238 g/mol. The van der Waals surface area contributed by atoms with Gasteiger partial charge < -0.3 is 19.7 Å². The van der Waals surface area contributed by atoms with Gasteiger partial charge in [-0.15, -0.1) is 0 Å². The molecule has 6 nitrogen and oxygen atoms in total. The van der Waals surface area contributed by atoms with E-state index in [0.29, 0.717) is 25.4 Å². The van der Waals surface area contributed by atoms with Crippen LogP contribution in [0.3, 0.4) is 0 Å². The SMILES string of the molecule is O=C(O)CC1CNC(=O)N(Cc2ccco2)C1. The van der Waals surface area contributed by atoms with Gasteiger partial charge in [-0.1, -0.05) is 0 Å². The van der Waals surface area contributed by atoms with Crippen LogP contribution in [-0.4, -0.2) is 35.1 Å². The number of hydrogen-bond acceptors (Lipinski definition) is 3. The Kier molecular flexibility index (Phi) is 3.32. The zero-order valence-electron chi connectivity index (χ0n) is 9.26. The Morgan fingerprint density at radius 2 is 2.47 bits per heavy atom. The number of carbonyl (C=O) groups excluding carboxylic acids is 1. The summed E-state index contributed by atoms with van der Waals surface area (Å²) in [6.07, 6.45) is 1.61. The number of carbonyl (C=O) groups is 2. The fraction of sp³-hybridized carbons (Fsp3) is 0.455. The smallest absolute Gasteiger partial charge is 0.317 e. The molecule has 92 valence electrons. The molecule has 0 saturated carbocycles. The van der Waals surface area contributed by atoms with Gasteiger partial charge >= 0.3 is 12.0 Å². The van der Waals surface area contributed by atoms with E-state index in [1.165, 1.54) is 0 Å². The van der Waals surface area contributed by atoms with Crippen molar-refractivity contribution in [2.24, 2.45) is 5.92 Å². The molecular formula is C11H14N2O4. The van der Waals surface area contributed by atoms with Gasteiger partial charge in [0.05, 0.1) is 19.2 Å². The van der Waals surface area contributed by atoms with Crippen LogP contribution in [0.1, 0.15) is 12.2 Å². The Balaban J connectivity index is 1.95. The molecule has 1 fully saturated rings. The molecule has 1 aliphatic heterocycles. The van der Waals surface area contributed by atoms with Crippen LogP contribution < -0.4 is 5.32 Å². The van der Waals surface area contributed by atoms with E-state index in [1.54, 1.807) is 23.3 Å². The summed E-state index contributed by atoms with van der Waals surface area (Å²) in [7, 11) is 0. The molecule has 1 aromatic heterocycles. The van der Waals surface area contributed by atoms with E-state index >= 15 is 0 Å². The standard InChI is InChI=1S/C11H14N2O4/c14-10(15)4-8-5-12-11(16)13(6-8)7-9-2-1-3-17-9/h1-3,8H,4-7H2,(H,12,16)(H,14,15). The van der Waals surface area contributed by atoms with Gasteiger partial charge in [0, 0.05) is 19.0 Å². The number of nitrogens with zero attached hydrogens (tertiary/aromatic N) is 1. The van der Waals surface area contributed by atoms with E-state index < -0.39 is 5.97 Å². The first kappa shape index (κ1) is 11.5. The summed E-state index contributed by atoms with van der Waals surface area (Å²) in [6.45, 7) is 1.23. The molecule has 2 amide bonds. The first-order chi connectivity index (χ1) is 8.15. The first-order valence-electron chi connectivity index (χ1n) is 5.42. The second-order valence-electron chi connectivity index (χ2n) is 4.11. The third-order valence-corrected chi connectivity index (χ3v) is 2.70. The molecule has 1 unspecified atom stereocenters. The maximum Gasteiger partial charge on any atom is 0.317 e. The van der Waals surface area contributed by atoms with Gasteiger partial charge in [-0.3, -0.25) is 4.79 Å². The van der Waals surface area contributed by atoms with Crippen molar-refractivity contribution in [3.8, 4) is 0 Å². The Bertz CT molecular complexity index is 402. The number of carboxylic acid groups (broad SMARTS) is 1. The molecule has 1 aliphatic rings. The van der Waals surface area contributed by atoms with Gasteiger partial charge in [0.25, 0.3) is 0 Å². The van der Waals surface area contributed by atoms with Crippen LogP contribution in [0.15, 0.2) is 22.8 Å². The van der Waals surface area contributed by atoms with Crippen LogP contribution >= 0.6 is 0 Å². The van der Waals surface area contributed by atoms with Crippen molar-refractivity contribution in [3.05, 3.63) is 24.2 Å². The summed E-state index contributed by atoms with van der Waals surface area (Å²) in [6, 6.07) is 3.36. The maximum atomic E-state index is 11.6. The van der Waals surface area contributed by atoms with Gasteiger partial charge in [-0.05, 0) is 12.1 Å². The molecule has 2 N–H and O–H groups in total. The number of nitrogens with one attached hydrogen (secondary N) is 1. The minimum atomic E-state index is -0.843. The lowest BCUT2D eigenvalue weighted by Gasteiger charge is -2.32. The van der Waals surface area contributed by atoms with E-state index in [9.17, 15) is 9.59 Å². The molecule has 2 rings (SSSR count). The number of amides is 2. The largest absolute Gasteiger partial charge is 0.481 e. The van der Waals surface area contributed by atoms with Crippen LogP contribution in [0, 0.1) is 5.92 Å². The second kappa shape index (κ2) is 4.90. The number of rotatable bonds is 4. The maximum absolute atomic E-state index is 11.6. The Morgan fingerprint density at radius 3 is 3.12 bits per heavy atom. The van der Waals surface area contributed by atoms with Gasteiger partial charge in [0.1, 0.15) is 5.76 Å². The predicted octanol–water partition coefficient (Wildman–Crippen LogP) is 0.896. The quantitative estimate of drug-likeness (QED) is 0.816. The second-order valence-corrected chi connectivity index (χ2v) is 4.11. The van der Waals surface area contributed by atoms with Gasteiger partial charge in [-0.25, -0.2) is 4.79 Å². The van der Waals surface area contributed by atoms with E-state index in [-0.39, 0.29) is 18.4 Å². The minimum absolute atomic E-state index is 0.0554. The molecule has 0 aromatic carbocycles. The highest BCUT2D eigenvalue weighted by atomic mass is 16.4. The number of aliphatic carboxylic acids is 1. The summed E-state index contributed by atoms with van der Waals surface area (Å²) in [5, 5.41) is 11.4. The summed E-state index contributed by atoms with van der Waals surface area (Å²) in [5.41, 5.74) is 0. The summed E-state index contributed by atoms with van der Waals surface area (Å²) < 4.78 is 5.16. The molecule has 6 heteroatoms. The summed E-state index contributed by atoms with van der Waals surface area (Å²) >= 11 is 0. The number of urea groups is 1. The van der Waals surface area contributed by atoms with Crippen LogP contribution in [0.4, 0.5) is 4.79 Å². The van der Waals surface area contributed by atoms with E-state index in [2.05, 4.69) is 5.32 Å². The fourth-order valence-electron chi connectivity index (χ4n) is 1.91. The van der Waals surface area contributed by atoms with Gasteiger partial charge in [0.2, 0.25) is 0 Å². The highest BCUT2D eigenvalue weighted by Gasteiger charge is 2.27. The number of furan rings is 1. The van der Waals surface area contributed by atoms with Crippen LogP contribution in [0.5, 0.6) is 0 Å².